The number of rotatable bonds is 3. The third-order valence-corrected chi connectivity index (χ3v) is 3.09. The maximum atomic E-state index is 5.74. The van der Waals surface area contributed by atoms with Crippen molar-refractivity contribution < 1.29 is 0 Å². The number of anilines is 1. The monoisotopic (exact) mass is 219 g/mol. The second-order valence-electron chi connectivity index (χ2n) is 6.21. The molecular formula is C15H25N. The van der Waals surface area contributed by atoms with E-state index in [2.05, 4.69) is 46.8 Å². The summed E-state index contributed by atoms with van der Waals surface area (Å²) in [6, 6.07) is 8.37. The van der Waals surface area contributed by atoms with Gasteiger partial charge in [-0.15, -0.1) is 0 Å². The summed E-state index contributed by atoms with van der Waals surface area (Å²) in [5, 5.41) is 0. The van der Waals surface area contributed by atoms with Gasteiger partial charge in [0.15, 0.2) is 0 Å². The zero-order valence-electron chi connectivity index (χ0n) is 11.2. The fraction of sp³-hybridized carbons (Fsp3) is 0.600. The fourth-order valence-corrected chi connectivity index (χ4v) is 2.19. The van der Waals surface area contributed by atoms with Gasteiger partial charge in [0.2, 0.25) is 0 Å². The van der Waals surface area contributed by atoms with Gasteiger partial charge in [-0.3, -0.25) is 0 Å². The number of nitrogen functional groups attached to an aromatic ring is 1. The van der Waals surface area contributed by atoms with E-state index in [-0.39, 0.29) is 0 Å². The average molecular weight is 219 g/mol. The van der Waals surface area contributed by atoms with Crippen LogP contribution in [0.25, 0.3) is 0 Å². The highest BCUT2D eigenvalue weighted by Gasteiger charge is 2.26. The Morgan fingerprint density at radius 3 is 1.94 bits per heavy atom. The third kappa shape index (κ3) is 3.55. The fourth-order valence-electron chi connectivity index (χ4n) is 2.19. The molecule has 0 aliphatic rings. The standard InChI is InChI=1S/C15H25N/c1-11(2)10-14(15(3,4)5)12-6-8-13(16)9-7-12/h6-9,11,14H,10,16H2,1-5H3. The van der Waals surface area contributed by atoms with Crippen LogP contribution in [0, 0.1) is 11.3 Å². The SMILES string of the molecule is CC(C)CC(c1ccc(N)cc1)C(C)(C)C. The molecule has 0 spiro atoms. The molecule has 1 aromatic rings. The molecule has 1 aromatic carbocycles. The molecule has 0 bridgehead atoms. The minimum atomic E-state index is 0.306. The summed E-state index contributed by atoms with van der Waals surface area (Å²) in [7, 11) is 0. The van der Waals surface area contributed by atoms with Gasteiger partial charge < -0.3 is 5.73 Å². The van der Waals surface area contributed by atoms with Gasteiger partial charge in [0.05, 0.1) is 0 Å². The maximum absolute atomic E-state index is 5.74. The largest absolute Gasteiger partial charge is 0.399 e. The Bertz CT molecular complexity index is 316. The Labute approximate surface area is 100 Å². The van der Waals surface area contributed by atoms with Gasteiger partial charge in [0.25, 0.3) is 0 Å². The zero-order chi connectivity index (χ0) is 12.3. The number of nitrogens with two attached hydrogens (primary N) is 1. The highest BCUT2D eigenvalue weighted by Crippen LogP contribution is 2.39. The summed E-state index contributed by atoms with van der Waals surface area (Å²) in [5.74, 6) is 1.33. The summed E-state index contributed by atoms with van der Waals surface area (Å²) < 4.78 is 0. The Hall–Kier alpha value is -0.980. The molecule has 90 valence electrons. The zero-order valence-corrected chi connectivity index (χ0v) is 11.2. The topological polar surface area (TPSA) is 26.0 Å². The van der Waals surface area contributed by atoms with Crippen molar-refractivity contribution in [2.45, 2.75) is 47.0 Å². The van der Waals surface area contributed by atoms with E-state index in [1.165, 1.54) is 12.0 Å². The van der Waals surface area contributed by atoms with Crippen molar-refractivity contribution in [1.82, 2.24) is 0 Å². The first-order valence-corrected chi connectivity index (χ1v) is 6.16. The van der Waals surface area contributed by atoms with Crippen LogP contribution >= 0.6 is 0 Å². The molecular weight excluding hydrogens is 194 g/mol. The molecule has 0 amide bonds. The van der Waals surface area contributed by atoms with Crippen molar-refractivity contribution in [3.63, 3.8) is 0 Å². The smallest absolute Gasteiger partial charge is 0.0314 e. The van der Waals surface area contributed by atoms with Gasteiger partial charge in [-0.25, -0.2) is 0 Å². The molecule has 0 fully saturated rings. The lowest BCUT2D eigenvalue weighted by Crippen LogP contribution is -2.20. The number of hydrogen-bond donors (Lipinski definition) is 1. The molecule has 1 rings (SSSR count). The summed E-state index contributed by atoms with van der Waals surface area (Å²) in [4.78, 5) is 0. The van der Waals surface area contributed by atoms with Gasteiger partial charge in [0, 0.05) is 5.69 Å². The number of benzene rings is 1. The van der Waals surface area contributed by atoms with Crippen LogP contribution in [0.1, 0.15) is 52.5 Å². The van der Waals surface area contributed by atoms with Crippen molar-refractivity contribution in [3.8, 4) is 0 Å². The van der Waals surface area contributed by atoms with E-state index in [1.807, 2.05) is 12.1 Å². The van der Waals surface area contributed by atoms with Gasteiger partial charge in [-0.05, 0) is 41.4 Å². The van der Waals surface area contributed by atoms with Crippen LogP contribution in [0.15, 0.2) is 24.3 Å². The van der Waals surface area contributed by atoms with Crippen molar-refractivity contribution in [3.05, 3.63) is 29.8 Å². The lowest BCUT2D eigenvalue weighted by Gasteiger charge is -2.32. The molecule has 0 aliphatic heterocycles. The lowest BCUT2D eigenvalue weighted by molar-refractivity contribution is 0.280. The highest BCUT2D eigenvalue weighted by molar-refractivity contribution is 5.40. The number of hydrogen-bond acceptors (Lipinski definition) is 1. The van der Waals surface area contributed by atoms with Gasteiger partial charge >= 0.3 is 0 Å². The third-order valence-electron chi connectivity index (χ3n) is 3.09. The van der Waals surface area contributed by atoms with Crippen LogP contribution in [0.5, 0.6) is 0 Å². The van der Waals surface area contributed by atoms with Crippen LogP contribution < -0.4 is 5.73 Å². The van der Waals surface area contributed by atoms with E-state index in [0.717, 1.165) is 11.6 Å². The molecule has 1 unspecified atom stereocenters. The first-order chi connectivity index (χ1) is 7.30. The molecule has 0 saturated heterocycles. The Morgan fingerprint density at radius 1 is 1.06 bits per heavy atom. The van der Waals surface area contributed by atoms with Crippen LogP contribution in [0.3, 0.4) is 0 Å². The van der Waals surface area contributed by atoms with Crippen LogP contribution in [-0.2, 0) is 0 Å². The van der Waals surface area contributed by atoms with Crippen molar-refractivity contribution in [2.75, 3.05) is 5.73 Å². The Morgan fingerprint density at radius 2 is 1.56 bits per heavy atom. The molecule has 1 heteroatoms. The summed E-state index contributed by atoms with van der Waals surface area (Å²) in [5.41, 5.74) is 8.30. The molecule has 0 radical (unpaired) electrons. The second-order valence-corrected chi connectivity index (χ2v) is 6.21. The van der Waals surface area contributed by atoms with E-state index in [9.17, 15) is 0 Å². The van der Waals surface area contributed by atoms with E-state index in [0.29, 0.717) is 11.3 Å². The van der Waals surface area contributed by atoms with Crippen molar-refractivity contribution in [2.24, 2.45) is 11.3 Å². The van der Waals surface area contributed by atoms with Gasteiger partial charge in [-0.2, -0.15) is 0 Å². The van der Waals surface area contributed by atoms with E-state index in [4.69, 9.17) is 5.73 Å². The van der Waals surface area contributed by atoms with Crippen molar-refractivity contribution in [1.29, 1.82) is 0 Å². The second kappa shape index (κ2) is 4.90. The first kappa shape index (κ1) is 13.1. The molecule has 0 aromatic heterocycles. The minimum absolute atomic E-state index is 0.306. The molecule has 2 N–H and O–H groups in total. The predicted molar refractivity (Wildman–Crippen MR) is 72.5 cm³/mol. The first-order valence-electron chi connectivity index (χ1n) is 6.16. The van der Waals surface area contributed by atoms with E-state index in [1.54, 1.807) is 0 Å². The molecule has 16 heavy (non-hydrogen) atoms. The minimum Gasteiger partial charge on any atom is -0.399 e. The Kier molecular flexibility index (Phi) is 4.01. The molecule has 1 nitrogen and oxygen atoms in total. The normalized spacial score (nSPS) is 14.1. The molecule has 0 heterocycles. The summed E-state index contributed by atoms with van der Waals surface area (Å²) >= 11 is 0. The van der Waals surface area contributed by atoms with Crippen molar-refractivity contribution >= 4 is 5.69 Å². The van der Waals surface area contributed by atoms with E-state index >= 15 is 0 Å². The van der Waals surface area contributed by atoms with Crippen LogP contribution in [0.4, 0.5) is 5.69 Å². The molecule has 0 aliphatic carbocycles. The van der Waals surface area contributed by atoms with E-state index < -0.39 is 0 Å². The molecule has 1 atom stereocenters. The van der Waals surface area contributed by atoms with Gasteiger partial charge in [0.1, 0.15) is 0 Å². The highest BCUT2D eigenvalue weighted by atomic mass is 14.5. The van der Waals surface area contributed by atoms with Gasteiger partial charge in [-0.1, -0.05) is 46.8 Å². The van der Waals surface area contributed by atoms with Crippen LogP contribution in [0.2, 0.25) is 0 Å². The predicted octanol–water partition coefficient (Wildman–Crippen LogP) is 4.44. The quantitative estimate of drug-likeness (QED) is 0.747. The Balaban J connectivity index is 2.97. The lowest BCUT2D eigenvalue weighted by atomic mass is 9.72. The summed E-state index contributed by atoms with van der Waals surface area (Å²) in [6.45, 7) is 11.5. The average Bonchev–Trinajstić information content (AvgIpc) is 2.14. The molecule has 0 saturated carbocycles. The van der Waals surface area contributed by atoms with Crippen LogP contribution in [-0.4, -0.2) is 0 Å². The summed E-state index contributed by atoms with van der Waals surface area (Å²) in [6.07, 6.45) is 1.23. The maximum Gasteiger partial charge on any atom is 0.0314 e.